The summed E-state index contributed by atoms with van der Waals surface area (Å²) >= 11 is 0. The number of nitrogens with one attached hydrogen (secondary N) is 1. The molecule has 0 aromatic heterocycles. The van der Waals surface area contributed by atoms with Crippen LogP contribution in [0.1, 0.15) is 31.7 Å². The van der Waals surface area contributed by atoms with Crippen molar-refractivity contribution in [2.24, 2.45) is 0 Å². The predicted molar refractivity (Wildman–Crippen MR) is 80.1 cm³/mol. The van der Waals surface area contributed by atoms with Gasteiger partial charge in [0.15, 0.2) is 0 Å². The van der Waals surface area contributed by atoms with Crippen molar-refractivity contribution in [3.8, 4) is 0 Å². The lowest BCUT2D eigenvalue weighted by molar-refractivity contribution is -0.00465. The Morgan fingerprint density at radius 2 is 2.21 bits per heavy atom. The molecule has 2 aliphatic heterocycles. The third-order valence-electron chi connectivity index (χ3n) is 4.54. The number of hydrogen-bond acceptors (Lipinski definition) is 3. The molecule has 0 spiro atoms. The highest BCUT2D eigenvalue weighted by Gasteiger charge is 2.31. The number of fused-ring (bicyclic) bond motifs is 1. The Morgan fingerprint density at radius 1 is 1.32 bits per heavy atom. The molecular weight excluding hydrogens is 236 g/mol. The third-order valence-corrected chi connectivity index (χ3v) is 4.54. The molecule has 0 bridgehead atoms. The lowest BCUT2D eigenvalue weighted by atomic mass is 9.93. The fourth-order valence-corrected chi connectivity index (χ4v) is 3.25. The van der Waals surface area contributed by atoms with E-state index in [0.717, 1.165) is 26.1 Å². The highest BCUT2D eigenvalue weighted by atomic mass is 16.5. The molecule has 0 saturated carbocycles. The quantitative estimate of drug-likeness (QED) is 0.884. The zero-order valence-electron chi connectivity index (χ0n) is 12.0. The normalized spacial score (nSPS) is 26.7. The van der Waals surface area contributed by atoms with Gasteiger partial charge in [0.25, 0.3) is 0 Å². The number of piperidine rings is 1. The summed E-state index contributed by atoms with van der Waals surface area (Å²) in [6.45, 7) is 5.47. The van der Waals surface area contributed by atoms with E-state index in [2.05, 4.69) is 35.3 Å². The SMILES string of the molecule is COC1(C)CCCN(c2ccc3c(c2)CCCN3)C1. The first-order valence-electron chi connectivity index (χ1n) is 7.37. The first kappa shape index (κ1) is 12.8. The molecule has 1 aromatic carbocycles. The second-order valence-corrected chi connectivity index (χ2v) is 6.05. The van der Waals surface area contributed by atoms with Crippen LogP contribution >= 0.6 is 0 Å². The molecule has 3 nitrogen and oxygen atoms in total. The Morgan fingerprint density at radius 3 is 3.05 bits per heavy atom. The summed E-state index contributed by atoms with van der Waals surface area (Å²) < 4.78 is 5.69. The molecular formula is C16H24N2O. The van der Waals surface area contributed by atoms with Crippen LogP contribution in [-0.4, -0.2) is 32.3 Å². The van der Waals surface area contributed by atoms with Crippen molar-refractivity contribution in [3.05, 3.63) is 23.8 Å². The van der Waals surface area contributed by atoms with Crippen LogP contribution in [0.4, 0.5) is 11.4 Å². The van der Waals surface area contributed by atoms with Crippen molar-refractivity contribution in [1.82, 2.24) is 0 Å². The van der Waals surface area contributed by atoms with Crippen molar-refractivity contribution in [2.75, 3.05) is 37.0 Å². The van der Waals surface area contributed by atoms with Gasteiger partial charge in [-0.15, -0.1) is 0 Å². The van der Waals surface area contributed by atoms with Gasteiger partial charge in [0.1, 0.15) is 0 Å². The van der Waals surface area contributed by atoms with Crippen LogP contribution in [0.15, 0.2) is 18.2 Å². The van der Waals surface area contributed by atoms with Gasteiger partial charge in [0, 0.05) is 38.1 Å². The maximum atomic E-state index is 5.69. The van der Waals surface area contributed by atoms with E-state index in [9.17, 15) is 0 Å². The molecule has 2 heterocycles. The van der Waals surface area contributed by atoms with Crippen molar-refractivity contribution in [2.45, 2.75) is 38.2 Å². The van der Waals surface area contributed by atoms with Crippen molar-refractivity contribution in [3.63, 3.8) is 0 Å². The van der Waals surface area contributed by atoms with E-state index >= 15 is 0 Å². The van der Waals surface area contributed by atoms with Crippen molar-refractivity contribution < 1.29 is 4.74 Å². The van der Waals surface area contributed by atoms with E-state index in [-0.39, 0.29) is 5.60 Å². The standard InChI is InChI=1S/C16H24N2O/c1-16(19-2)8-4-10-18(12-16)14-6-7-15-13(11-14)5-3-9-17-15/h6-7,11,17H,3-5,8-10,12H2,1-2H3. The lowest BCUT2D eigenvalue weighted by Gasteiger charge is -2.41. The highest BCUT2D eigenvalue weighted by molar-refractivity contribution is 5.62. The number of nitrogens with zero attached hydrogens (tertiary/aromatic N) is 1. The first-order chi connectivity index (χ1) is 9.20. The summed E-state index contributed by atoms with van der Waals surface area (Å²) in [6.07, 6.45) is 4.81. The van der Waals surface area contributed by atoms with Crippen LogP contribution in [0.25, 0.3) is 0 Å². The summed E-state index contributed by atoms with van der Waals surface area (Å²) in [7, 11) is 1.83. The fourth-order valence-electron chi connectivity index (χ4n) is 3.25. The van der Waals surface area contributed by atoms with E-state index in [1.54, 1.807) is 0 Å². The topological polar surface area (TPSA) is 24.5 Å². The lowest BCUT2D eigenvalue weighted by Crippen LogP contribution is -2.47. The average molecular weight is 260 g/mol. The van der Waals surface area contributed by atoms with Gasteiger partial charge in [-0.05, 0) is 56.4 Å². The largest absolute Gasteiger partial charge is 0.385 e. The summed E-state index contributed by atoms with van der Waals surface area (Å²) in [6, 6.07) is 6.85. The Kier molecular flexibility index (Phi) is 3.40. The third kappa shape index (κ3) is 2.57. The van der Waals surface area contributed by atoms with Gasteiger partial charge in [0.05, 0.1) is 5.60 Å². The maximum absolute atomic E-state index is 5.69. The summed E-state index contributed by atoms with van der Waals surface area (Å²) in [5, 5.41) is 3.48. The Balaban J connectivity index is 1.82. The van der Waals surface area contributed by atoms with Crippen LogP contribution in [0.2, 0.25) is 0 Å². The van der Waals surface area contributed by atoms with Gasteiger partial charge < -0.3 is 15.0 Å². The maximum Gasteiger partial charge on any atom is 0.0825 e. The van der Waals surface area contributed by atoms with Crippen LogP contribution in [-0.2, 0) is 11.2 Å². The molecule has 1 aromatic rings. The average Bonchev–Trinajstić information content (AvgIpc) is 2.47. The summed E-state index contributed by atoms with van der Waals surface area (Å²) in [4.78, 5) is 2.47. The fraction of sp³-hybridized carbons (Fsp3) is 0.625. The predicted octanol–water partition coefficient (Wildman–Crippen LogP) is 3.05. The van der Waals surface area contributed by atoms with Gasteiger partial charge in [-0.25, -0.2) is 0 Å². The minimum atomic E-state index is 0.00635. The summed E-state index contributed by atoms with van der Waals surface area (Å²) in [5.74, 6) is 0. The first-order valence-corrected chi connectivity index (χ1v) is 7.37. The van der Waals surface area contributed by atoms with Crippen molar-refractivity contribution in [1.29, 1.82) is 0 Å². The molecule has 1 fully saturated rings. The number of aryl methyl sites for hydroxylation is 1. The van der Waals surface area contributed by atoms with Crippen LogP contribution < -0.4 is 10.2 Å². The van der Waals surface area contributed by atoms with Gasteiger partial charge in [-0.3, -0.25) is 0 Å². The van der Waals surface area contributed by atoms with E-state index in [4.69, 9.17) is 4.74 Å². The minimum absolute atomic E-state index is 0.00635. The van der Waals surface area contributed by atoms with Gasteiger partial charge in [-0.1, -0.05) is 0 Å². The Bertz CT molecular complexity index is 460. The van der Waals surface area contributed by atoms with Gasteiger partial charge in [0.2, 0.25) is 0 Å². The second kappa shape index (κ2) is 5.04. The minimum Gasteiger partial charge on any atom is -0.385 e. The molecule has 0 aliphatic carbocycles. The molecule has 0 amide bonds. The van der Waals surface area contributed by atoms with Gasteiger partial charge in [-0.2, -0.15) is 0 Å². The molecule has 1 atom stereocenters. The van der Waals surface area contributed by atoms with Crippen LogP contribution in [0, 0.1) is 0 Å². The number of methoxy groups -OCH3 is 1. The molecule has 104 valence electrons. The molecule has 1 N–H and O–H groups in total. The number of rotatable bonds is 2. The smallest absolute Gasteiger partial charge is 0.0825 e. The second-order valence-electron chi connectivity index (χ2n) is 6.05. The molecule has 3 rings (SSSR count). The van der Waals surface area contributed by atoms with E-state index in [1.807, 2.05) is 7.11 Å². The van der Waals surface area contributed by atoms with Gasteiger partial charge >= 0.3 is 0 Å². The number of anilines is 2. The Hall–Kier alpha value is -1.22. The zero-order valence-corrected chi connectivity index (χ0v) is 12.0. The van der Waals surface area contributed by atoms with E-state index < -0.39 is 0 Å². The summed E-state index contributed by atoms with van der Waals surface area (Å²) in [5.41, 5.74) is 4.15. The van der Waals surface area contributed by atoms with Crippen molar-refractivity contribution >= 4 is 11.4 Å². The molecule has 19 heavy (non-hydrogen) atoms. The molecule has 1 saturated heterocycles. The molecule has 0 radical (unpaired) electrons. The highest BCUT2D eigenvalue weighted by Crippen LogP contribution is 2.31. The number of benzene rings is 1. The molecule has 2 aliphatic rings. The monoisotopic (exact) mass is 260 g/mol. The molecule has 1 unspecified atom stereocenters. The number of ether oxygens (including phenoxy) is 1. The molecule has 3 heteroatoms. The van der Waals surface area contributed by atoms with E-state index in [1.165, 1.54) is 36.2 Å². The Labute approximate surface area is 115 Å². The van der Waals surface area contributed by atoms with E-state index in [0.29, 0.717) is 0 Å². The zero-order chi connectivity index (χ0) is 13.3. The number of hydrogen-bond donors (Lipinski definition) is 1. The van der Waals surface area contributed by atoms with Crippen LogP contribution in [0.3, 0.4) is 0 Å². The van der Waals surface area contributed by atoms with Crippen LogP contribution in [0.5, 0.6) is 0 Å².